The number of hydrogen-bond acceptors (Lipinski definition) is 6. The molecule has 0 unspecified atom stereocenters. The van der Waals surface area contributed by atoms with Crippen LogP contribution in [0.1, 0.15) is 54.6 Å². The van der Waals surface area contributed by atoms with E-state index in [9.17, 15) is 36.7 Å². The van der Waals surface area contributed by atoms with Gasteiger partial charge >= 0.3 is 12.2 Å². The van der Waals surface area contributed by atoms with Crippen LogP contribution in [0.3, 0.4) is 0 Å². The Hall–Kier alpha value is -4.23. The van der Waals surface area contributed by atoms with Crippen LogP contribution >= 0.6 is 0 Å². The molecule has 2 saturated heterocycles. The first-order chi connectivity index (χ1) is 19.8. The van der Waals surface area contributed by atoms with E-state index in [0.717, 1.165) is 4.90 Å². The number of ether oxygens (including phenoxy) is 1. The van der Waals surface area contributed by atoms with Gasteiger partial charge in [0.1, 0.15) is 11.4 Å². The van der Waals surface area contributed by atoms with Crippen molar-refractivity contribution >= 4 is 23.8 Å². The number of hydrogen-bond donors (Lipinski definition) is 1. The molecule has 1 N–H and O–H groups in total. The number of piperidine rings is 1. The number of likely N-dealkylation sites (tertiary alicyclic amines) is 1. The number of urea groups is 1. The number of nitrogens with zero attached hydrogens (tertiary/aromatic N) is 4. The van der Waals surface area contributed by atoms with Crippen LogP contribution in [0.25, 0.3) is 0 Å². The quantitative estimate of drug-likeness (QED) is 0.401. The molecule has 2 aliphatic rings. The van der Waals surface area contributed by atoms with E-state index in [1.54, 1.807) is 12.1 Å². The number of likely N-dealkylation sites (N-methyl/N-ethyl adjacent to an activating group) is 1. The van der Waals surface area contributed by atoms with Crippen molar-refractivity contribution in [3.05, 3.63) is 59.0 Å². The van der Waals surface area contributed by atoms with Crippen LogP contribution in [-0.4, -0.2) is 82.8 Å². The first-order valence-electron chi connectivity index (χ1n) is 13.3. The number of halogens is 4. The maximum atomic E-state index is 14.0. The molecular formula is C28H33F4N5O5. The minimum Gasteiger partial charge on any atom is -0.481 e. The maximum Gasteiger partial charge on any atom is 0.416 e. The number of carbonyl (C=O) groups excluding carboxylic acids is 4. The van der Waals surface area contributed by atoms with Crippen LogP contribution in [0.4, 0.5) is 22.4 Å². The highest BCUT2D eigenvalue weighted by Crippen LogP contribution is 2.38. The second-order valence-corrected chi connectivity index (χ2v) is 9.94. The third-order valence-electron chi connectivity index (χ3n) is 6.97. The third-order valence-corrected chi connectivity index (χ3v) is 6.97. The van der Waals surface area contributed by atoms with Gasteiger partial charge in [-0.05, 0) is 36.6 Å². The number of benzene rings is 1. The average molecular weight is 596 g/mol. The molecule has 1 spiro atoms. The largest absolute Gasteiger partial charge is 0.481 e. The monoisotopic (exact) mass is 595 g/mol. The minimum atomic E-state index is -4.77. The second kappa shape index (κ2) is 13.2. The number of aromatic nitrogens is 1. The van der Waals surface area contributed by atoms with Gasteiger partial charge < -0.3 is 19.9 Å². The molecule has 0 radical (unpaired) electrons. The fourth-order valence-corrected chi connectivity index (χ4v) is 4.75. The van der Waals surface area contributed by atoms with E-state index in [4.69, 9.17) is 4.74 Å². The Balaban J connectivity index is 0.00000155. The zero-order valence-electron chi connectivity index (χ0n) is 23.8. The molecule has 0 saturated carbocycles. The highest BCUT2D eigenvalue weighted by atomic mass is 19.4. The SMILES string of the molecule is CCC.COc1ccc(CN2C(=O)N(C)C(=O)C23CCN(C(=O)CNC(=O)c2cc(C(F)(F)F)ccc2F)CC3)cn1. The molecular weight excluding hydrogens is 562 g/mol. The van der Waals surface area contributed by atoms with Gasteiger partial charge in [0, 0.05) is 32.4 Å². The lowest BCUT2D eigenvalue weighted by atomic mass is 9.85. The van der Waals surface area contributed by atoms with Crippen molar-refractivity contribution in [2.45, 2.75) is 51.4 Å². The number of alkyl halides is 3. The fourth-order valence-electron chi connectivity index (χ4n) is 4.75. The van der Waals surface area contributed by atoms with Crippen molar-refractivity contribution < 1.29 is 41.5 Å². The zero-order valence-corrected chi connectivity index (χ0v) is 23.8. The Morgan fingerprint density at radius 2 is 1.74 bits per heavy atom. The first-order valence-corrected chi connectivity index (χ1v) is 13.3. The molecule has 2 aromatic rings. The van der Waals surface area contributed by atoms with Crippen molar-refractivity contribution in [3.8, 4) is 5.88 Å². The van der Waals surface area contributed by atoms with Crippen LogP contribution in [0.2, 0.25) is 0 Å². The predicted molar refractivity (Wildman–Crippen MR) is 143 cm³/mol. The van der Waals surface area contributed by atoms with Crippen molar-refractivity contribution in [1.82, 2.24) is 25.0 Å². The highest BCUT2D eigenvalue weighted by Gasteiger charge is 2.57. The van der Waals surface area contributed by atoms with Gasteiger partial charge in [-0.3, -0.25) is 19.3 Å². The molecule has 42 heavy (non-hydrogen) atoms. The van der Waals surface area contributed by atoms with Gasteiger partial charge in [0.2, 0.25) is 11.8 Å². The number of amides is 5. The lowest BCUT2D eigenvalue weighted by molar-refractivity contribution is -0.140. The van der Waals surface area contributed by atoms with E-state index in [1.807, 2.05) is 0 Å². The summed E-state index contributed by atoms with van der Waals surface area (Å²) in [6.07, 6.45) is -1.72. The van der Waals surface area contributed by atoms with Gasteiger partial charge in [0.05, 0.1) is 31.3 Å². The zero-order chi connectivity index (χ0) is 31.2. The summed E-state index contributed by atoms with van der Waals surface area (Å²) in [4.78, 5) is 59.1. The van der Waals surface area contributed by atoms with Crippen LogP contribution in [0.15, 0.2) is 36.5 Å². The van der Waals surface area contributed by atoms with E-state index >= 15 is 0 Å². The van der Waals surface area contributed by atoms with Crippen LogP contribution in [0, 0.1) is 5.82 Å². The van der Waals surface area contributed by atoms with E-state index in [2.05, 4.69) is 24.1 Å². The highest BCUT2D eigenvalue weighted by molar-refractivity contribution is 6.07. The molecule has 2 fully saturated rings. The Morgan fingerprint density at radius 1 is 1.10 bits per heavy atom. The summed E-state index contributed by atoms with van der Waals surface area (Å²) in [5.74, 6) is -2.90. The van der Waals surface area contributed by atoms with Crippen molar-refractivity contribution in [3.63, 3.8) is 0 Å². The molecule has 10 nitrogen and oxygen atoms in total. The van der Waals surface area contributed by atoms with Crippen LogP contribution in [0.5, 0.6) is 5.88 Å². The van der Waals surface area contributed by atoms with Gasteiger partial charge in [-0.25, -0.2) is 14.2 Å². The Kier molecular flexibility index (Phi) is 10.1. The predicted octanol–water partition coefficient (Wildman–Crippen LogP) is 3.85. The van der Waals surface area contributed by atoms with Crippen LogP contribution in [-0.2, 0) is 22.3 Å². The van der Waals surface area contributed by atoms with E-state index < -0.39 is 59.0 Å². The number of rotatable bonds is 6. The van der Waals surface area contributed by atoms with Crippen molar-refractivity contribution in [1.29, 1.82) is 0 Å². The van der Waals surface area contributed by atoms with Crippen molar-refractivity contribution in [2.75, 3.05) is 33.8 Å². The summed E-state index contributed by atoms with van der Waals surface area (Å²) in [6.45, 7) is 3.93. The number of methoxy groups -OCH3 is 1. The van der Waals surface area contributed by atoms with E-state index in [0.29, 0.717) is 29.6 Å². The summed E-state index contributed by atoms with van der Waals surface area (Å²) in [7, 11) is 2.86. The van der Waals surface area contributed by atoms with Gasteiger partial charge in [-0.1, -0.05) is 26.3 Å². The van der Waals surface area contributed by atoms with Gasteiger partial charge in [0.25, 0.3) is 11.8 Å². The van der Waals surface area contributed by atoms with E-state index in [1.165, 1.54) is 36.6 Å². The molecule has 0 atom stereocenters. The van der Waals surface area contributed by atoms with Gasteiger partial charge in [0.15, 0.2) is 0 Å². The summed E-state index contributed by atoms with van der Waals surface area (Å²) in [5, 5.41) is 2.16. The lowest BCUT2D eigenvalue weighted by Crippen LogP contribution is -2.57. The molecule has 0 aliphatic carbocycles. The maximum absolute atomic E-state index is 14.0. The molecule has 5 amide bonds. The molecule has 228 valence electrons. The lowest BCUT2D eigenvalue weighted by Gasteiger charge is -2.42. The molecule has 3 heterocycles. The summed E-state index contributed by atoms with van der Waals surface area (Å²) < 4.78 is 57.8. The Labute approximate surface area is 240 Å². The smallest absolute Gasteiger partial charge is 0.416 e. The molecule has 0 bridgehead atoms. The molecule has 1 aromatic heterocycles. The van der Waals surface area contributed by atoms with Gasteiger partial charge in [-0.2, -0.15) is 13.2 Å². The number of carbonyl (C=O) groups is 4. The molecule has 4 rings (SSSR count). The summed E-state index contributed by atoms with van der Waals surface area (Å²) in [6, 6.07) is 4.31. The second-order valence-electron chi connectivity index (χ2n) is 9.94. The van der Waals surface area contributed by atoms with Crippen LogP contribution < -0.4 is 10.1 Å². The third kappa shape index (κ3) is 6.80. The normalized spacial score (nSPS) is 16.3. The standard InChI is InChI=1S/C25H25F4N5O5.C3H8/c1-32-22(37)24(34(23(32)38)14-15-3-6-19(39-2)30-12-15)7-9-33(10-8-24)20(35)13-31-21(36)17-11-16(25(27,28)29)4-5-18(17)26;1-3-2/h3-6,11-12H,7-10,13-14H2,1-2H3,(H,31,36);3H2,1-2H3. The number of pyridine rings is 1. The topological polar surface area (TPSA) is 112 Å². The fraction of sp³-hybridized carbons (Fsp3) is 0.464. The first kappa shape index (κ1) is 32.3. The molecule has 2 aliphatic heterocycles. The minimum absolute atomic E-state index is 0.0802. The summed E-state index contributed by atoms with van der Waals surface area (Å²) in [5.41, 5.74) is -2.53. The average Bonchev–Trinajstić information content (AvgIpc) is 3.12. The molecule has 1 aromatic carbocycles. The number of nitrogens with one attached hydrogen (secondary N) is 1. The van der Waals surface area contributed by atoms with Crippen molar-refractivity contribution in [2.24, 2.45) is 0 Å². The van der Waals surface area contributed by atoms with E-state index in [-0.39, 0.29) is 32.5 Å². The Morgan fingerprint density at radius 3 is 2.29 bits per heavy atom. The summed E-state index contributed by atoms with van der Waals surface area (Å²) >= 11 is 0. The van der Waals surface area contributed by atoms with Gasteiger partial charge in [-0.15, -0.1) is 0 Å². The Bertz CT molecular complexity index is 1310. The molecule has 14 heteroatoms. The number of imide groups is 1.